The highest BCUT2D eigenvalue weighted by atomic mass is 35.5. The third kappa shape index (κ3) is 6.56. The quantitative estimate of drug-likeness (QED) is 0.666. The molecular weight excluding hydrogens is 386 g/mol. The van der Waals surface area contributed by atoms with E-state index in [1.807, 2.05) is 19.9 Å². The van der Waals surface area contributed by atoms with E-state index in [2.05, 4.69) is 5.32 Å². The van der Waals surface area contributed by atoms with E-state index in [1.165, 1.54) is 6.26 Å². The smallest absolute Gasteiger partial charge is 0.220 e. The van der Waals surface area contributed by atoms with Crippen molar-refractivity contribution in [1.82, 2.24) is 5.32 Å². The van der Waals surface area contributed by atoms with Crippen LogP contribution in [0.3, 0.4) is 0 Å². The average Bonchev–Trinajstić information content (AvgIpc) is 2.61. The van der Waals surface area contributed by atoms with E-state index >= 15 is 0 Å². The first kappa shape index (κ1) is 21.3. The van der Waals surface area contributed by atoms with E-state index in [9.17, 15) is 13.2 Å². The van der Waals surface area contributed by atoms with Crippen LogP contribution in [0.15, 0.2) is 47.4 Å². The molecule has 2 rings (SSSR count). The Hall–Kier alpha value is -2.05. The van der Waals surface area contributed by atoms with Gasteiger partial charge in [-0.25, -0.2) is 8.42 Å². The van der Waals surface area contributed by atoms with Crippen molar-refractivity contribution in [1.29, 1.82) is 0 Å². The Morgan fingerprint density at radius 3 is 2.44 bits per heavy atom. The summed E-state index contributed by atoms with van der Waals surface area (Å²) in [5.41, 5.74) is 1.80. The minimum Gasteiger partial charge on any atom is -0.494 e. The Bertz CT molecular complexity index is 895. The number of nitrogens with one attached hydrogen (secondary N) is 1. The first-order valence-electron chi connectivity index (χ1n) is 8.65. The van der Waals surface area contributed by atoms with Gasteiger partial charge >= 0.3 is 0 Å². The van der Waals surface area contributed by atoms with Crippen LogP contribution >= 0.6 is 11.6 Å². The highest BCUT2D eigenvalue weighted by Crippen LogP contribution is 2.21. The molecule has 0 aliphatic carbocycles. The van der Waals surface area contributed by atoms with Crippen LogP contribution in [-0.4, -0.2) is 27.2 Å². The summed E-state index contributed by atoms with van der Waals surface area (Å²) >= 11 is 5.98. The van der Waals surface area contributed by atoms with Crippen LogP contribution in [0.2, 0.25) is 5.02 Å². The third-order valence-corrected chi connectivity index (χ3v) is 5.68. The number of sulfone groups is 1. The molecule has 146 valence electrons. The number of aryl methyl sites for hydroxylation is 1. The average molecular weight is 410 g/mol. The van der Waals surface area contributed by atoms with E-state index in [0.29, 0.717) is 24.5 Å². The Morgan fingerprint density at radius 1 is 1.19 bits per heavy atom. The van der Waals surface area contributed by atoms with Gasteiger partial charge in [0.15, 0.2) is 9.84 Å². The largest absolute Gasteiger partial charge is 0.494 e. The fourth-order valence-electron chi connectivity index (χ4n) is 2.53. The molecule has 0 aliphatic heterocycles. The van der Waals surface area contributed by atoms with Crippen molar-refractivity contribution in [2.24, 2.45) is 0 Å². The van der Waals surface area contributed by atoms with Crippen molar-refractivity contribution in [2.75, 3.05) is 12.9 Å². The lowest BCUT2D eigenvalue weighted by atomic mass is 10.1. The normalized spacial score (nSPS) is 12.4. The Labute approximate surface area is 165 Å². The molecule has 2 aromatic rings. The summed E-state index contributed by atoms with van der Waals surface area (Å²) < 4.78 is 28.6. The summed E-state index contributed by atoms with van der Waals surface area (Å²) in [6.45, 7) is 4.21. The van der Waals surface area contributed by atoms with Crippen molar-refractivity contribution in [3.8, 4) is 5.75 Å². The van der Waals surface area contributed by atoms with E-state index in [1.54, 1.807) is 36.4 Å². The second-order valence-electron chi connectivity index (χ2n) is 6.49. The van der Waals surface area contributed by atoms with Crippen LogP contribution in [0, 0.1) is 6.92 Å². The lowest BCUT2D eigenvalue weighted by molar-refractivity contribution is -0.121. The number of ether oxygens (including phenoxy) is 1. The third-order valence-electron chi connectivity index (χ3n) is 4.13. The SMILES string of the molecule is Cc1cc(OCCCC(=O)NC(C)c2ccc(S(C)(=O)=O)cc2)ccc1Cl. The van der Waals surface area contributed by atoms with E-state index in [4.69, 9.17) is 16.3 Å². The van der Waals surface area contributed by atoms with Crippen molar-refractivity contribution in [2.45, 2.75) is 37.6 Å². The zero-order valence-corrected chi connectivity index (χ0v) is 17.2. The molecule has 2 aromatic carbocycles. The van der Waals surface area contributed by atoms with Gasteiger partial charge in [0.05, 0.1) is 17.5 Å². The molecule has 1 atom stereocenters. The van der Waals surface area contributed by atoms with Crippen LogP contribution in [-0.2, 0) is 14.6 Å². The second kappa shape index (κ2) is 9.24. The maximum Gasteiger partial charge on any atom is 0.220 e. The number of hydrogen-bond acceptors (Lipinski definition) is 4. The summed E-state index contributed by atoms with van der Waals surface area (Å²) in [4.78, 5) is 12.3. The molecule has 1 N–H and O–H groups in total. The number of carbonyl (C=O) groups is 1. The van der Waals surface area contributed by atoms with Gasteiger partial charge < -0.3 is 10.1 Å². The predicted octanol–water partition coefficient (Wildman–Crippen LogP) is 4.09. The number of benzene rings is 2. The minimum absolute atomic E-state index is 0.0782. The molecule has 0 saturated heterocycles. The maximum absolute atomic E-state index is 12.1. The van der Waals surface area contributed by atoms with Gasteiger partial charge in [0.1, 0.15) is 5.75 Å². The van der Waals surface area contributed by atoms with Crippen molar-refractivity contribution >= 4 is 27.3 Å². The molecule has 0 radical (unpaired) electrons. The standard InChI is InChI=1S/C20H24ClNO4S/c1-14-13-17(8-11-19(14)21)26-12-4-5-20(23)22-15(2)16-6-9-18(10-7-16)27(3,24)25/h6-11,13,15H,4-5,12H2,1-3H3,(H,22,23). The Balaban J connectivity index is 1.77. The molecule has 0 heterocycles. The fourth-order valence-corrected chi connectivity index (χ4v) is 3.28. The van der Waals surface area contributed by atoms with Crippen molar-refractivity contribution in [3.05, 3.63) is 58.6 Å². The first-order chi connectivity index (χ1) is 12.7. The zero-order chi connectivity index (χ0) is 20.0. The van der Waals surface area contributed by atoms with E-state index in [-0.39, 0.29) is 16.8 Å². The molecular formula is C20H24ClNO4S. The number of halogens is 1. The highest BCUT2D eigenvalue weighted by molar-refractivity contribution is 7.90. The molecule has 5 nitrogen and oxygen atoms in total. The summed E-state index contributed by atoms with van der Waals surface area (Å²) in [7, 11) is -3.22. The van der Waals surface area contributed by atoms with E-state index < -0.39 is 9.84 Å². The van der Waals surface area contributed by atoms with Gasteiger partial charge in [0.25, 0.3) is 0 Å². The molecule has 0 spiro atoms. The molecule has 7 heteroatoms. The van der Waals surface area contributed by atoms with Gasteiger partial charge in [-0.1, -0.05) is 23.7 Å². The van der Waals surface area contributed by atoms with Gasteiger partial charge in [-0.15, -0.1) is 0 Å². The summed E-state index contributed by atoms with van der Waals surface area (Å²) in [6, 6.07) is 11.8. The van der Waals surface area contributed by atoms with E-state index in [0.717, 1.165) is 16.9 Å². The molecule has 0 fully saturated rings. The molecule has 1 unspecified atom stereocenters. The fraction of sp³-hybridized carbons (Fsp3) is 0.350. The number of rotatable bonds is 8. The van der Waals surface area contributed by atoms with Crippen molar-refractivity contribution in [3.63, 3.8) is 0 Å². The van der Waals surface area contributed by atoms with Crippen LogP contribution < -0.4 is 10.1 Å². The maximum atomic E-state index is 12.1. The highest BCUT2D eigenvalue weighted by Gasteiger charge is 2.12. The minimum atomic E-state index is -3.22. The topological polar surface area (TPSA) is 72.5 Å². The van der Waals surface area contributed by atoms with Gasteiger partial charge in [-0.3, -0.25) is 4.79 Å². The summed E-state index contributed by atoms with van der Waals surface area (Å²) in [5, 5.41) is 3.60. The van der Waals surface area contributed by atoms with Crippen LogP contribution in [0.5, 0.6) is 5.75 Å². The van der Waals surface area contributed by atoms with Crippen molar-refractivity contribution < 1.29 is 17.9 Å². The zero-order valence-electron chi connectivity index (χ0n) is 15.7. The number of hydrogen-bond donors (Lipinski definition) is 1. The summed E-state index contributed by atoms with van der Waals surface area (Å²) in [5.74, 6) is 0.655. The number of amides is 1. The monoisotopic (exact) mass is 409 g/mol. The molecule has 0 bridgehead atoms. The molecule has 0 aromatic heterocycles. The second-order valence-corrected chi connectivity index (χ2v) is 8.92. The summed E-state index contributed by atoms with van der Waals surface area (Å²) in [6.07, 6.45) is 2.10. The van der Waals surface area contributed by atoms with Gasteiger partial charge in [-0.05, 0) is 61.7 Å². The Kier molecular flexibility index (Phi) is 7.27. The molecule has 0 aliphatic rings. The van der Waals surface area contributed by atoms with Crippen LogP contribution in [0.4, 0.5) is 0 Å². The lowest BCUT2D eigenvalue weighted by Crippen LogP contribution is -2.26. The van der Waals surface area contributed by atoms with Crippen LogP contribution in [0.1, 0.15) is 36.9 Å². The molecule has 0 saturated carbocycles. The van der Waals surface area contributed by atoms with Gasteiger partial charge in [0.2, 0.25) is 5.91 Å². The molecule has 27 heavy (non-hydrogen) atoms. The molecule has 1 amide bonds. The van der Waals surface area contributed by atoms with Gasteiger partial charge in [0, 0.05) is 17.7 Å². The first-order valence-corrected chi connectivity index (χ1v) is 10.9. The van der Waals surface area contributed by atoms with Gasteiger partial charge in [-0.2, -0.15) is 0 Å². The predicted molar refractivity (Wildman–Crippen MR) is 107 cm³/mol. The van der Waals surface area contributed by atoms with Crippen LogP contribution in [0.25, 0.3) is 0 Å². The lowest BCUT2D eigenvalue weighted by Gasteiger charge is -2.15. The Morgan fingerprint density at radius 2 is 1.85 bits per heavy atom. The number of carbonyl (C=O) groups excluding carboxylic acids is 1.